The number of para-hydroxylation sites is 1. The predicted octanol–water partition coefficient (Wildman–Crippen LogP) is 3.18. The molecule has 0 aliphatic rings. The van der Waals surface area contributed by atoms with E-state index < -0.39 is 12.7 Å². The lowest BCUT2D eigenvalue weighted by molar-refractivity contribution is -0.119. The molecule has 0 fully saturated rings. The molecule has 0 aliphatic heterocycles. The Balaban J connectivity index is 2.42. The number of fused-ring (bicyclic) bond motifs is 1. The third-order valence-corrected chi connectivity index (χ3v) is 2.70. The molecule has 1 aromatic carbocycles. The van der Waals surface area contributed by atoms with Crippen molar-refractivity contribution in [2.75, 3.05) is 18.5 Å². The number of hydrogen-bond acceptors (Lipinski definition) is 1. The maximum absolute atomic E-state index is 12.4. The van der Waals surface area contributed by atoms with Crippen LogP contribution >= 0.6 is 0 Å². The van der Waals surface area contributed by atoms with Crippen molar-refractivity contribution >= 4 is 16.6 Å². The third kappa shape index (κ3) is 2.38. The lowest BCUT2D eigenvalue weighted by atomic mass is 10.2. The highest BCUT2D eigenvalue weighted by Crippen LogP contribution is 2.29. The normalized spacial score (nSPS) is 12.1. The predicted molar refractivity (Wildman–Crippen MR) is 62.2 cm³/mol. The number of aromatic nitrogens is 1. The van der Waals surface area contributed by atoms with Gasteiger partial charge in [0.15, 0.2) is 0 Å². The average molecular weight is 242 g/mol. The van der Waals surface area contributed by atoms with Crippen LogP contribution in [0.1, 0.15) is 0 Å². The van der Waals surface area contributed by atoms with Crippen LogP contribution in [0.25, 0.3) is 10.9 Å². The van der Waals surface area contributed by atoms with Gasteiger partial charge in [-0.3, -0.25) is 0 Å². The Kier molecular flexibility index (Phi) is 2.77. The first-order chi connectivity index (χ1) is 7.88. The summed E-state index contributed by atoms with van der Waals surface area (Å²) in [4.78, 5) is 1.22. The fourth-order valence-corrected chi connectivity index (χ4v) is 1.98. The van der Waals surface area contributed by atoms with E-state index >= 15 is 0 Å². The van der Waals surface area contributed by atoms with Crippen molar-refractivity contribution in [3.8, 4) is 0 Å². The van der Waals surface area contributed by atoms with Crippen molar-refractivity contribution in [1.82, 2.24) is 4.57 Å². The minimum Gasteiger partial charge on any atom is -0.364 e. The molecule has 2 aromatic rings. The summed E-state index contributed by atoms with van der Waals surface area (Å²) in [5.41, 5.74) is 1.52. The minimum atomic E-state index is -4.19. The summed E-state index contributed by atoms with van der Waals surface area (Å²) >= 11 is 0. The Morgan fingerprint density at radius 1 is 1.24 bits per heavy atom. The molecule has 0 saturated carbocycles. The molecular formula is C12H13F3N2. The van der Waals surface area contributed by atoms with E-state index in [-0.39, 0.29) is 0 Å². The van der Waals surface area contributed by atoms with E-state index in [1.165, 1.54) is 11.9 Å². The molecule has 0 atom stereocenters. The van der Waals surface area contributed by atoms with Crippen molar-refractivity contribution in [3.05, 3.63) is 30.5 Å². The van der Waals surface area contributed by atoms with Crippen molar-refractivity contribution in [2.45, 2.75) is 6.18 Å². The Bertz CT molecular complexity index is 528. The first-order valence-corrected chi connectivity index (χ1v) is 5.20. The van der Waals surface area contributed by atoms with E-state index in [0.717, 1.165) is 10.9 Å². The molecule has 2 nitrogen and oxygen atoms in total. The summed E-state index contributed by atoms with van der Waals surface area (Å²) in [6, 6.07) is 7.42. The van der Waals surface area contributed by atoms with E-state index in [0.29, 0.717) is 5.69 Å². The molecule has 0 spiro atoms. The van der Waals surface area contributed by atoms with Crippen molar-refractivity contribution < 1.29 is 13.2 Å². The molecule has 0 bridgehead atoms. The van der Waals surface area contributed by atoms with Gasteiger partial charge in [-0.1, -0.05) is 18.2 Å². The fourth-order valence-electron chi connectivity index (χ4n) is 1.98. The lowest BCUT2D eigenvalue weighted by Crippen LogP contribution is -2.30. The number of rotatable bonds is 2. The largest absolute Gasteiger partial charge is 0.405 e. The maximum Gasteiger partial charge on any atom is 0.405 e. The molecule has 5 heteroatoms. The van der Waals surface area contributed by atoms with Crippen molar-refractivity contribution in [2.24, 2.45) is 7.05 Å². The van der Waals surface area contributed by atoms with Gasteiger partial charge in [0.05, 0.1) is 5.69 Å². The Morgan fingerprint density at radius 2 is 1.88 bits per heavy atom. The smallest absolute Gasteiger partial charge is 0.364 e. The monoisotopic (exact) mass is 242 g/mol. The van der Waals surface area contributed by atoms with Crippen LogP contribution in [0.4, 0.5) is 18.9 Å². The minimum absolute atomic E-state index is 0.598. The molecule has 0 N–H and O–H groups in total. The van der Waals surface area contributed by atoms with E-state index in [1.807, 2.05) is 35.9 Å². The summed E-state index contributed by atoms with van der Waals surface area (Å²) in [6.07, 6.45) is -2.47. The second-order valence-corrected chi connectivity index (χ2v) is 4.11. The van der Waals surface area contributed by atoms with Gasteiger partial charge in [0.25, 0.3) is 0 Å². The van der Waals surface area contributed by atoms with Crippen molar-refractivity contribution in [1.29, 1.82) is 0 Å². The topological polar surface area (TPSA) is 8.17 Å². The van der Waals surface area contributed by atoms with Crippen LogP contribution in [0.5, 0.6) is 0 Å². The highest BCUT2D eigenvalue weighted by molar-refractivity contribution is 5.93. The van der Waals surface area contributed by atoms with Gasteiger partial charge in [-0.2, -0.15) is 13.2 Å². The lowest BCUT2D eigenvalue weighted by Gasteiger charge is -2.19. The summed E-state index contributed by atoms with van der Waals surface area (Å²) in [5, 5.41) is 0.835. The Labute approximate surface area is 97.2 Å². The summed E-state index contributed by atoms with van der Waals surface area (Å²) < 4.78 is 38.9. The zero-order chi connectivity index (χ0) is 12.6. The first-order valence-electron chi connectivity index (χ1n) is 5.20. The summed E-state index contributed by atoms with van der Waals surface area (Å²) in [6.45, 7) is -0.943. The highest BCUT2D eigenvalue weighted by Gasteiger charge is 2.30. The number of anilines is 1. The number of nitrogens with zero attached hydrogens (tertiary/aromatic N) is 2. The molecule has 17 heavy (non-hydrogen) atoms. The van der Waals surface area contributed by atoms with E-state index in [2.05, 4.69) is 0 Å². The van der Waals surface area contributed by atoms with Gasteiger partial charge in [0, 0.05) is 31.2 Å². The van der Waals surface area contributed by atoms with Gasteiger partial charge in [-0.15, -0.1) is 0 Å². The molecule has 0 saturated heterocycles. The molecule has 1 heterocycles. The van der Waals surface area contributed by atoms with Gasteiger partial charge in [0.1, 0.15) is 6.54 Å². The van der Waals surface area contributed by atoms with Gasteiger partial charge in [-0.05, 0) is 6.07 Å². The van der Waals surface area contributed by atoms with Gasteiger partial charge in [0.2, 0.25) is 0 Å². The average Bonchev–Trinajstić information content (AvgIpc) is 2.55. The molecule has 0 amide bonds. The quantitative estimate of drug-likeness (QED) is 0.785. The Morgan fingerprint density at radius 3 is 2.53 bits per heavy atom. The van der Waals surface area contributed by atoms with Crippen molar-refractivity contribution in [3.63, 3.8) is 0 Å². The molecule has 1 aromatic heterocycles. The molecule has 92 valence electrons. The van der Waals surface area contributed by atoms with Crippen LogP contribution in [0, 0.1) is 0 Å². The zero-order valence-corrected chi connectivity index (χ0v) is 9.62. The van der Waals surface area contributed by atoms with Crippen LogP contribution in [-0.2, 0) is 7.05 Å². The number of halogens is 3. The SMILES string of the molecule is CN(CC(F)(F)F)c1cn(C)c2ccccc12. The van der Waals surface area contributed by atoms with Crippen LogP contribution in [0.3, 0.4) is 0 Å². The van der Waals surface area contributed by atoms with E-state index in [1.54, 1.807) is 6.20 Å². The van der Waals surface area contributed by atoms with E-state index in [4.69, 9.17) is 0 Å². The Hall–Kier alpha value is -1.65. The first kappa shape index (κ1) is 11.8. The fraction of sp³-hybridized carbons (Fsp3) is 0.333. The number of aryl methyl sites for hydroxylation is 1. The van der Waals surface area contributed by atoms with Gasteiger partial charge < -0.3 is 9.47 Å². The zero-order valence-electron chi connectivity index (χ0n) is 9.62. The van der Waals surface area contributed by atoms with Crippen LogP contribution in [0.2, 0.25) is 0 Å². The highest BCUT2D eigenvalue weighted by atomic mass is 19.4. The maximum atomic E-state index is 12.4. The van der Waals surface area contributed by atoms with Crippen LogP contribution in [-0.4, -0.2) is 24.3 Å². The molecule has 2 rings (SSSR count). The second-order valence-electron chi connectivity index (χ2n) is 4.11. The van der Waals surface area contributed by atoms with Crippen LogP contribution in [0.15, 0.2) is 30.5 Å². The summed E-state index contributed by atoms with van der Waals surface area (Å²) in [7, 11) is 3.28. The number of alkyl halides is 3. The number of hydrogen-bond donors (Lipinski definition) is 0. The second kappa shape index (κ2) is 3.98. The molecule has 0 aliphatic carbocycles. The van der Waals surface area contributed by atoms with Crippen LogP contribution < -0.4 is 4.90 Å². The standard InChI is InChI=1S/C12H13F3N2/c1-16-7-11(17(2)8-12(13,14)15)9-5-3-4-6-10(9)16/h3-7H,8H2,1-2H3. The third-order valence-electron chi connectivity index (χ3n) is 2.70. The molecule has 0 radical (unpaired) electrons. The number of benzene rings is 1. The van der Waals surface area contributed by atoms with Gasteiger partial charge >= 0.3 is 6.18 Å². The molecule has 0 unspecified atom stereocenters. The molecular weight excluding hydrogens is 229 g/mol. The summed E-state index contributed by atoms with van der Waals surface area (Å²) in [5.74, 6) is 0. The van der Waals surface area contributed by atoms with E-state index in [9.17, 15) is 13.2 Å². The van der Waals surface area contributed by atoms with Gasteiger partial charge in [-0.25, -0.2) is 0 Å².